The Hall–Kier alpha value is -1.21. The van der Waals surface area contributed by atoms with Gasteiger partial charge in [-0.3, -0.25) is 4.90 Å². The van der Waals surface area contributed by atoms with E-state index in [1.807, 2.05) is 0 Å². The van der Waals surface area contributed by atoms with Crippen LogP contribution in [0.25, 0.3) is 0 Å². The molecule has 0 radical (unpaired) electrons. The Labute approximate surface area is 107 Å². The Morgan fingerprint density at radius 2 is 1.68 bits per heavy atom. The van der Waals surface area contributed by atoms with Crippen LogP contribution in [-0.2, 0) is 0 Å². The van der Waals surface area contributed by atoms with Crippen LogP contribution < -0.4 is 5.32 Å². The molecule has 0 spiro atoms. The highest BCUT2D eigenvalue weighted by molar-refractivity contribution is 5.24. The van der Waals surface area contributed by atoms with Gasteiger partial charge in [-0.05, 0) is 6.07 Å². The Balaban J connectivity index is 2.38. The molecule has 1 aliphatic rings. The third-order valence-electron chi connectivity index (χ3n) is 3.12. The van der Waals surface area contributed by atoms with E-state index in [-0.39, 0.29) is 13.1 Å². The average Bonchev–Trinajstić information content (AvgIpc) is 2.36. The van der Waals surface area contributed by atoms with E-state index in [0.717, 1.165) is 0 Å². The minimum Gasteiger partial charge on any atom is -0.314 e. The van der Waals surface area contributed by atoms with Gasteiger partial charge >= 0.3 is 0 Å². The molecule has 0 unspecified atom stereocenters. The standard InChI is InChI=1S/C12H13F5N2/c13-7-5-8(10(15)9(14)6-7)11(12(16)17)19-3-1-18-2-4-19/h5-6,11-12,18H,1-4H2/t11-/m0/s1. The molecule has 0 bridgehead atoms. The fourth-order valence-electron chi connectivity index (χ4n) is 2.24. The maximum absolute atomic E-state index is 13.6. The zero-order chi connectivity index (χ0) is 14.0. The van der Waals surface area contributed by atoms with Crippen LogP contribution in [0.2, 0.25) is 0 Å². The number of hydrogen-bond acceptors (Lipinski definition) is 2. The molecule has 2 rings (SSSR count). The van der Waals surface area contributed by atoms with Crippen molar-refractivity contribution in [3.63, 3.8) is 0 Å². The minimum absolute atomic E-state index is 0.270. The quantitative estimate of drug-likeness (QED) is 0.675. The molecule has 1 saturated heterocycles. The van der Waals surface area contributed by atoms with Gasteiger partial charge in [-0.25, -0.2) is 22.0 Å². The molecule has 1 N–H and O–H groups in total. The van der Waals surface area contributed by atoms with E-state index in [4.69, 9.17) is 0 Å². The Kier molecular flexibility index (Phi) is 4.36. The number of benzene rings is 1. The summed E-state index contributed by atoms with van der Waals surface area (Å²) in [7, 11) is 0. The van der Waals surface area contributed by atoms with Crippen molar-refractivity contribution in [2.45, 2.75) is 12.5 Å². The van der Waals surface area contributed by atoms with Crippen LogP contribution in [0.1, 0.15) is 11.6 Å². The molecule has 0 aromatic heterocycles. The van der Waals surface area contributed by atoms with E-state index < -0.39 is 35.5 Å². The molecule has 0 saturated carbocycles. The van der Waals surface area contributed by atoms with E-state index in [2.05, 4.69) is 5.32 Å². The number of nitrogens with zero attached hydrogens (tertiary/aromatic N) is 1. The van der Waals surface area contributed by atoms with Crippen molar-refractivity contribution in [2.24, 2.45) is 0 Å². The first-order chi connectivity index (χ1) is 9.00. The molecule has 1 aromatic rings. The summed E-state index contributed by atoms with van der Waals surface area (Å²) in [6.45, 7) is 1.49. The van der Waals surface area contributed by atoms with Gasteiger partial charge in [0.1, 0.15) is 5.82 Å². The van der Waals surface area contributed by atoms with E-state index >= 15 is 0 Å². The third-order valence-corrected chi connectivity index (χ3v) is 3.12. The molecule has 7 heteroatoms. The highest BCUT2D eigenvalue weighted by Crippen LogP contribution is 2.31. The second-order valence-corrected chi connectivity index (χ2v) is 4.36. The van der Waals surface area contributed by atoms with Crippen molar-refractivity contribution in [2.75, 3.05) is 26.2 Å². The van der Waals surface area contributed by atoms with E-state index in [1.54, 1.807) is 0 Å². The molecular weight excluding hydrogens is 267 g/mol. The van der Waals surface area contributed by atoms with E-state index in [0.29, 0.717) is 25.2 Å². The summed E-state index contributed by atoms with van der Waals surface area (Å²) in [5, 5.41) is 2.97. The second-order valence-electron chi connectivity index (χ2n) is 4.36. The summed E-state index contributed by atoms with van der Waals surface area (Å²) in [6.07, 6.45) is -2.92. The van der Waals surface area contributed by atoms with Crippen molar-refractivity contribution < 1.29 is 22.0 Å². The average molecular weight is 280 g/mol. The van der Waals surface area contributed by atoms with E-state index in [9.17, 15) is 22.0 Å². The summed E-state index contributed by atoms with van der Waals surface area (Å²) < 4.78 is 66.2. The first kappa shape index (κ1) is 14.2. The number of rotatable bonds is 3. The van der Waals surface area contributed by atoms with Crippen LogP contribution in [0, 0.1) is 17.5 Å². The Morgan fingerprint density at radius 1 is 1.05 bits per heavy atom. The van der Waals surface area contributed by atoms with Gasteiger partial charge in [0.25, 0.3) is 6.43 Å². The molecule has 106 valence electrons. The van der Waals surface area contributed by atoms with Gasteiger partial charge in [0.05, 0.1) is 6.04 Å². The van der Waals surface area contributed by atoms with Crippen molar-refractivity contribution in [3.05, 3.63) is 35.1 Å². The van der Waals surface area contributed by atoms with Crippen molar-refractivity contribution in [1.82, 2.24) is 10.2 Å². The maximum atomic E-state index is 13.6. The smallest absolute Gasteiger partial charge is 0.258 e. The summed E-state index contributed by atoms with van der Waals surface area (Å²) in [5.74, 6) is -3.92. The van der Waals surface area contributed by atoms with Crippen LogP contribution >= 0.6 is 0 Å². The molecule has 0 aliphatic carbocycles. The van der Waals surface area contributed by atoms with Crippen LogP contribution in [0.15, 0.2) is 12.1 Å². The van der Waals surface area contributed by atoms with Crippen molar-refractivity contribution in [3.8, 4) is 0 Å². The predicted octanol–water partition coefficient (Wildman–Crippen LogP) is 2.32. The molecule has 19 heavy (non-hydrogen) atoms. The molecule has 1 aliphatic heterocycles. The summed E-state index contributed by atoms with van der Waals surface area (Å²) in [5.41, 5.74) is -0.630. The van der Waals surface area contributed by atoms with Crippen LogP contribution in [-0.4, -0.2) is 37.5 Å². The van der Waals surface area contributed by atoms with Gasteiger partial charge in [0.15, 0.2) is 11.6 Å². The van der Waals surface area contributed by atoms with Gasteiger partial charge in [-0.2, -0.15) is 0 Å². The zero-order valence-corrected chi connectivity index (χ0v) is 9.97. The summed E-state index contributed by atoms with van der Waals surface area (Å²) >= 11 is 0. The SMILES string of the molecule is Fc1cc(F)c(F)c([C@@H](C(F)F)N2CCNCC2)c1. The van der Waals surface area contributed by atoms with Crippen LogP contribution in [0.4, 0.5) is 22.0 Å². The zero-order valence-electron chi connectivity index (χ0n) is 9.97. The molecular formula is C12H13F5N2. The fourth-order valence-corrected chi connectivity index (χ4v) is 2.24. The normalized spacial score (nSPS) is 18.8. The lowest BCUT2D eigenvalue weighted by Crippen LogP contribution is -2.47. The fraction of sp³-hybridized carbons (Fsp3) is 0.500. The van der Waals surface area contributed by atoms with Gasteiger partial charge in [-0.1, -0.05) is 0 Å². The Morgan fingerprint density at radius 3 is 2.26 bits per heavy atom. The molecule has 0 amide bonds. The van der Waals surface area contributed by atoms with Gasteiger partial charge in [0.2, 0.25) is 0 Å². The van der Waals surface area contributed by atoms with Gasteiger partial charge in [-0.15, -0.1) is 0 Å². The number of nitrogens with one attached hydrogen (secondary N) is 1. The Bertz CT molecular complexity index is 446. The van der Waals surface area contributed by atoms with E-state index in [1.165, 1.54) is 4.90 Å². The monoisotopic (exact) mass is 280 g/mol. The molecule has 1 heterocycles. The van der Waals surface area contributed by atoms with Gasteiger partial charge < -0.3 is 5.32 Å². The number of piperazine rings is 1. The predicted molar refractivity (Wildman–Crippen MR) is 59.5 cm³/mol. The lowest BCUT2D eigenvalue weighted by Gasteiger charge is -2.34. The highest BCUT2D eigenvalue weighted by Gasteiger charge is 2.33. The number of hydrogen-bond donors (Lipinski definition) is 1. The van der Waals surface area contributed by atoms with Crippen molar-refractivity contribution >= 4 is 0 Å². The third kappa shape index (κ3) is 3.03. The summed E-state index contributed by atoms with van der Waals surface area (Å²) in [6, 6.07) is -0.650. The van der Waals surface area contributed by atoms with Crippen LogP contribution in [0.5, 0.6) is 0 Å². The first-order valence-corrected chi connectivity index (χ1v) is 5.88. The number of alkyl halides is 2. The first-order valence-electron chi connectivity index (χ1n) is 5.88. The molecule has 2 nitrogen and oxygen atoms in total. The largest absolute Gasteiger partial charge is 0.314 e. The lowest BCUT2D eigenvalue weighted by atomic mass is 10.0. The van der Waals surface area contributed by atoms with Gasteiger partial charge in [0, 0.05) is 37.8 Å². The second kappa shape index (κ2) is 5.83. The minimum atomic E-state index is -2.92. The molecule has 1 fully saturated rings. The topological polar surface area (TPSA) is 15.3 Å². The van der Waals surface area contributed by atoms with Crippen LogP contribution in [0.3, 0.4) is 0 Å². The van der Waals surface area contributed by atoms with Crippen molar-refractivity contribution in [1.29, 1.82) is 0 Å². The molecule has 1 atom stereocenters. The molecule has 1 aromatic carbocycles. The number of halogens is 5. The highest BCUT2D eigenvalue weighted by atomic mass is 19.3. The maximum Gasteiger partial charge on any atom is 0.258 e. The summed E-state index contributed by atoms with van der Waals surface area (Å²) in [4.78, 5) is 1.33. The lowest BCUT2D eigenvalue weighted by molar-refractivity contribution is 0.0159.